The van der Waals surface area contributed by atoms with E-state index in [4.69, 9.17) is 0 Å². The van der Waals surface area contributed by atoms with Crippen molar-refractivity contribution in [2.75, 3.05) is 18.8 Å². The second-order valence-corrected chi connectivity index (χ2v) is 7.71. The van der Waals surface area contributed by atoms with Crippen LogP contribution >= 0.6 is 11.8 Å². The van der Waals surface area contributed by atoms with Crippen molar-refractivity contribution < 1.29 is 4.79 Å². The first kappa shape index (κ1) is 16.4. The first-order chi connectivity index (χ1) is 9.95. The Kier molecular flexibility index (Phi) is 5.71. The molecule has 1 heterocycles. The monoisotopic (exact) mass is 306 g/mol. The van der Waals surface area contributed by atoms with Crippen molar-refractivity contribution in [1.82, 2.24) is 10.6 Å². The number of hydrogen-bond donors (Lipinski definition) is 2. The summed E-state index contributed by atoms with van der Waals surface area (Å²) in [6.45, 7) is 8.46. The van der Waals surface area contributed by atoms with E-state index in [1.54, 1.807) is 11.8 Å². The lowest BCUT2D eigenvalue weighted by molar-refractivity contribution is -0.118. The number of thioether (sulfide) groups is 1. The van der Waals surface area contributed by atoms with Crippen LogP contribution in [0.4, 0.5) is 0 Å². The van der Waals surface area contributed by atoms with Crippen molar-refractivity contribution in [3.8, 4) is 0 Å². The Labute approximate surface area is 132 Å². The minimum Gasteiger partial charge on any atom is -0.354 e. The molecule has 3 nitrogen and oxygen atoms in total. The molecule has 1 fully saturated rings. The van der Waals surface area contributed by atoms with Gasteiger partial charge in [0.25, 0.3) is 0 Å². The maximum atomic E-state index is 11.8. The third-order valence-electron chi connectivity index (χ3n) is 3.80. The predicted octanol–water partition coefficient (Wildman–Crippen LogP) is 2.94. The molecule has 0 aromatic heterocycles. The molecule has 2 rings (SSSR count). The number of carbonyl (C=O) groups is 1. The van der Waals surface area contributed by atoms with E-state index in [9.17, 15) is 4.79 Å². The zero-order valence-electron chi connectivity index (χ0n) is 13.2. The average molecular weight is 306 g/mol. The molecule has 0 bridgehead atoms. The molecule has 116 valence electrons. The van der Waals surface area contributed by atoms with Gasteiger partial charge in [-0.05, 0) is 42.5 Å². The third-order valence-corrected chi connectivity index (χ3v) is 4.81. The SMILES string of the molecule is CC(C)(C)c1ccc(SCC(=O)NCC2CCCN2)cc1. The molecular formula is C17H26N2OS. The first-order valence-corrected chi connectivity index (χ1v) is 8.67. The van der Waals surface area contributed by atoms with Crippen molar-refractivity contribution in [2.45, 2.75) is 50.0 Å². The van der Waals surface area contributed by atoms with E-state index in [0.29, 0.717) is 11.8 Å². The summed E-state index contributed by atoms with van der Waals surface area (Å²) < 4.78 is 0. The summed E-state index contributed by atoms with van der Waals surface area (Å²) in [5.74, 6) is 0.607. The van der Waals surface area contributed by atoms with Crippen LogP contribution in [0.5, 0.6) is 0 Å². The molecule has 21 heavy (non-hydrogen) atoms. The van der Waals surface area contributed by atoms with Crippen LogP contribution in [0.3, 0.4) is 0 Å². The fourth-order valence-electron chi connectivity index (χ4n) is 2.42. The van der Waals surface area contributed by atoms with E-state index in [-0.39, 0.29) is 11.3 Å². The Bertz CT molecular complexity index is 459. The van der Waals surface area contributed by atoms with Crippen molar-refractivity contribution in [2.24, 2.45) is 0 Å². The first-order valence-electron chi connectivity index (χ1n) is 7.68. The number of carbonyl (C=O) groups excluding carboxylic acids is 1. The Balaban J connectivity index is 1.73. The molecule has 1 aromatic rings. The van der Waals surface area contributed by atoms with Gasteiger partial charge in [0.15, 0.2) is 0 Å². The van der Waals surface area contributed by atoms with Crippen LogP contribution in [0.25, 0.3) is 0 Å². The molecule has 1 amide bonds. The molecule has 2 N–H and O–H groups in total. The molecule has 1 aliphatic rings. The average Bonchev–Trinajstić information content (AvgIpc) is 2.95. The highest BCUT2D eigenvalue weighted by Gasteiger charge is 2.15. The van der Waals surface area contributed by atoms with Gasteiger partial charge in [0.1, 0.15) is 0 Å². The topological polar surface area (TPSA) is 41.1 Å². The highest BCUT2D eigenvalue weighted by molar-refractivity contribution is 8.00. The van der Waals surface area contributed by atoms with E-state index in [0.717, 1.165) is 18.0 Å². The fraction of sp³-hybridized carbons (Fsp3) is 0.588. The second kappa shape index (κ2) is 7.32. The van der Waals surface area contributed by atoms with Gasteiger partial charge in [-0.25, -0.2) is 0 Å². The summed E-state index contributed by atoms with van der Waals surface area (Å²) in [6, 6.07) is 8.99. The maximum Gasteiger partial charge on any atom is 0.230 e. The smallest absolute Gasteiger partial charge is 0.230 e. The van der Waals surface area contributed by atoms with E-state index in [2.05, 4.69) is 55.7 Å². The highest BCUT2D eigenvalue weighted by atomic mass is 32.2. The summed E-state index contributed by atoms with van der Waals surface area (Å²) in [6.07, 6.45) is 2.39. The number of benzene rings is 1. The van der Waals surface area contributed by atoms with Crippen molar-refractivity contribution in [3.63, 3.8) is 0 Å². The lowest BCUT2D eigenvalue weighted by Gasteiger charge is -2.19. The second-order valence-electron chi connectivity index (χ2n) is 6.66. The minimum absolute atomic E-state index is 0.119. The number of nitrogens with one attached hydrogen (secondary N) is 2. The summed E-state index contributed by atoms with van der Waals surface area (Å²) in [5, 5.41) is 6.39. The van der Waals surface area contributed by atoms with Crippen molar-refractivity contribution in [1.29, 1.82) is 0 Å². The van der Waals surface area contributed by atoms with Gasteiger partial charge in [0.05, 0.1) is 5.75 Å². The Morgan fingerprint density at radius 2 is 2.05 bits per heavy atom. The van der Waals surface area contributed by atoms with Gasteiger partial charge in [0, 0.05) is 17.5 Å². The van der Waals surface area contributed by atoms with Crippen LogP contribution in [-0.2, 0) is 10.2 Å². The lowest BCUT2D eigenvalue weighted by atomic mass is 9.87. The van der Waals surface area contributed by atoms with Crippen LogP contribution in [-0.4, -0.2) is 30.8 Å². The summed E-state index contributed by atoms with van der Waals surface area (Å²) in [5.41, 5.74) is 1.50. The Morgan fingerprint density at radius 3 is 2.62 bits per heavy atom. The highest BCUT2D eigenvalue weighted by Crippen LogP contribution is 2.25. The number of hydrogen-bond acceptors (Lipinski definition) is 3. The van der Waals surface area contributed by atoms with E-state index >= 15 is 0 Å². The molecule has 1 aromatic carbocycles. The predicted molar refractivity (Wildman–Crippen MR) is 89.9 cm³/mol. The Morgan fingerprint density at radius 1 is 1.33 bits per heavy atom. The molecule has 0 radical (unpaired) electrons. The standard InChI is InChI=1S/C17H26N2OS/c1-17(2,3)13-6-8-15(9-7-13)21-12-16(20)19-11-14-5-4-10-18-14/h6-9,14,18H,4-5,10-12H2,1-3H3,(H,19,20). The van der Waals surface area contributed by atoms with Gasteiger partial charge < -0.3 is 10.6 Å². The number of amides is 1. The molecule has 1 unspecified atom stereocenters. The van der Waals surface area contributed by atoms with Crippen LogP contribution in [0.2, 0.25) is 0 Å². The quantitative estimate of drug-likeness (QED) is 0.822. The zero-order chi connectivity index (χ0) is 15.3. The largest absolute Gasteiger partial charge is 0.354 e. The van der Waals surface area contributed by atoms with Gasteiger partial charge in [0.2, 0.25) is 5.91 Å². The maximum absolute atomic E-state index is 11.8. The van der Waals surface area contributed by atoms with Gasteiger partial charge in [-0.2, -0.15) is 0 Å². The van der Waals surface area contributed by atoms with Gasteiger partial charge in [-0.3, -0.25) is 4.79 Å². The molecule has 0 spiro atoms. The molecule has 1 aliphatic heterocycles. The van der Waals surface area contributed by atoms with Gasteiger partial charge >= 0.3 is 0 Å². The van der Waals surface area contributed by atoms with Crippen LogP contribution in [0.15, 0.2) is 29.2 Å². The van der Waals surface area contributed by atoms with Crippen molar-refractivity contribution >= 4 is 17.7 Å². The van der Waals surface area contributed by atoms with Crippen LogP contribution in [0, 0.1) is 0 Å². The molecular weight excluding hydrogens is 280 g/mol. The lowest BCUT2D eigenvalue weighted by Crippen LogP contribution is -2.37. The molecule has 1 saturated heterocycles. The molecule has 4 heteroatoms. The summed E-state index contributed by atoms with van der Waals surface area (Å²) in [7, 11) is 0. The van der Waals surface area contributed by atoms with Crippen molar-refractivity contribution in [3.05, 3.63) is 29.8 Å². The van der Waals surface area contributed by atoms with Crippen LogP contribution < -0.4 is 10.6 Å². The summed E-state index contributed by atoms with van der Waals surface area (Å²) >= 11 is 1.60. The zero-order valence-corrected chi connectivity index (χ0v) is 14.1. The minimum atomic E-state index is 0.119. The molecule has 0 saturated carbocycles. The fourth-order valence-corrected chi connectivity index (χ4v) is 3.15. The van der Waals surface area contributed by atoms with E-state index in [1.807, 2.05) is 0 Å². The van der Waals surface area contributed by atoms with Crippen LogP contribution in [0.1, 0.15) is 39.2 Å². The summed E-state index contributed by atoms with van der Waals surface area (Å²) in [4.78, 5) is 13.0. The molecule has 0 aliphatic carbocycles. The number of rotatable bonds is 5. The van der Waals surface area contributed by atoms with E-state index in [1.165, 1.54) is 18.4 Å². The molecule has 1 atom stereocenters. The Hall–Kier alpha value is -1.00. The van der Waals surface area contributed by atoms with Gasteiger partial charge in [-0.1, -0.05) is 32.9 Å². The third kappa shape index (κ3) is 5.36. The van der Waals surface area contributed by atoms with Gasteiger partial charge in [-0.15, -0.1) is 11.8 Å². The normalized spacial score (nSPS) is 18.7. The van der Waals surface area contributed by atoms with E-state index < -0.39 is 0 Å².